The fourth-order valence-corrected chi connectivity index (χ4v) is 4.65. The molecule has 1 heterocycles. The van der Waals surface area contributed by atoms with E-state index in [4.69, 9.17) is 0 Å². The van der Waals surface area contributed by atoms with E-state index in [9.17, 15) is 10.1 Å². The number of piperazine rings is 1. The number of nitrogens with one attached hydrogen (secondary N) is 2. The minimum Gasteiger partial charge on any atom is -0.322 e. The van der Waals surface area contributed by atoms with Gasteiger partial charge in [-0.2, -0.15) is 5.26 Å². The summed E-state index contributed by atoms with van der Waals surface area (Å²) >= 11 is 0. The van der Waals surface area contributed by atoms with Crippen LogP contribution in [0.5, 0.6) is 0 Å². The zero-order chi connectivity index (χ0) is 19.3. The van der Waals surface area contributed by atoms with Crippen molar-refractivity contribution in [1.29, 1.82) is 5.26 Å². The van der Waals surface area contributed by atoms with Crippen molar-refractivity contribution in [2.45, 2.75) is 51.1 Å². The summed E-state index contributed by atoms with van der Waals surface area (Å²) in [5, 5.41) is 9.71. The first-order chi connectivity index (χ1) is 13.0. The molecule has 3 rings (SSSR count). The molecule has 5 heteroatoms. The molecule has 0 atom stereocenters. The Labute approximate surface area is 163 Å². The van der Waals surface area contributed by atoms with Crippen molar-refractivity contribution in [3.63, 3.8) is 0 Å². The third-order valence-electron chi connectivity index (χ3n) is 6.51. The predicted molar refractivity (Wildman–Crippen MR) is 105 cm³/mol. The van der Waals surface area contributed by atoms with Gasteiger partial charge in [-0.25, -0.2) is 0 Å². The molecule has 0 bridgehead atoms. The number of carbonyl (C=O) groups is 1. The molecule has 0 aromatic heterocycles. The van der Waals surface area contributed by atoms with Crippen LogP contribution >= 0.6 is 0 Å². The van der Waals surface area contributed by atoms with Crippen LogP contribution in [0, 0.1) is 18.3 Å². The van der Waals surface area contributed by atoms with Crippen LogP contribution in [0.1, 0.15) is 43.2 Å². The van der Waals surface area contributed by atoms with Crippen LogP contribution in [0.2, 0.25) is 0 Å². The van der Waals surface area contributed by atoms with Gasteiger partial charge < -0.3 is 14.7 Å². The third-order valence-corrected chi connectivity index (χ3v) is 6.51. The molecule has 1 aromatic rings. The molecule has 1 aliphatic carbocycles. The van der Waals surface area contributed by atoms with Gasteiger partial charge in [0, 0.05) is 12.6 Å². The largest absolute Gasteiger partial charge is 0.322 e. The fraction of sp³-hybridized carbons (Fsp3) is 0.636. The molecule has 2 aliphatic rings. The maximum atomic E-state index is 12.8. The molecule has 146 valence electrons. The van der Waals surface area contributed by atoms with E-state index in [0.717, 1.165) is 58.4 Å². The number of amides is 1. The first kappa shape index (κ1) is 19.9. The monoisotopic (exact) mass is 370 g/mol. The van der Waals surface area contributed by atoms with Gasteiger partial charge in [0.25, 0.3) is 5.91 Å². The van der Waals surface area contributed by atoms with Gasteiger partial charge in [0.1, 0.15) is 38.3 Å². The van der Waals surface area contributed by atoms with Crippen molar-refractivity contribution in [3.8, 4) is 6.07 Å². The third kappa shape index (κ3) is 4.88. The summed E-state index contributed by atoms with van der Waals surface area (Å²) in [6.45, 7) is 8.00. The topological polar surface area (TPSA) is 53.0 Å². The highest BCUT2D eigenvalue weighted by molar-refractivity contribution is 5.78. The quantitative estimate of drug-likeness (QED) is 0.764. The Bertz CT molecular complexity index is 682. The molecule has 1 saturated heterocycles. The minimum atomic E-state index is -0.562. The zero-order valence-corrected chi connectivity index (χ0v) is 16.9. The van der Waals surface area contributed by atoms with Gasteiger partial charge in [0.05, 0.1) is 6.07 Å². The summed E-state index contributed by atoms with van der Waals surface area (Å²) in [7, 11) is 1.84. The molecule has 0 radical (unpaired) electrons. The van der Waals surface area contributed by atoms with Gasteiger partial charge in [-0.1, -0.05) is 49.1 Å². The molecule has 2 N–H and O–H groups in total. The van der Waals surface area contributed by atoms with E-state index in [1.165, 1.54) is 22.4 Å². The molecule has 1 saturated carbocycles. The van der Waals surface area contributed by atoms with Crippen LogP contribution in [0.25, 0.3) is 0 Å². The number of nitriles is 1. The van der Waals surface area contributed by atoms with Gasteiger partial charge in [-0.15, -0.1) is 0 Å². The summed E-state index contributed by atoms with van der Waals surface area (Å²) in [6.07, 6.45) is 4.95. The Morgan fingerprint density at radius 1 is 1.15 bits per heavy atom. The molecule has 2 fully saturated rings. The fourth-order valence-electron chi connectivity index (χ4n) is 4.65. The van der Waals surface area contributed by atoms with Gasteiger partial charge in [0.2, 0.25) is 0 Å². The highest BCUT2D eigenvalue weighted by Crippen LogP contribution is 2.32. The zero-order valence-electron chi connectivity index (χ0n) is 16.9. The molecule has 0 unspecified atom stereocenters. The molecule has 27 heavy (non-hydrogen) atoms. The molecule has 1 aliphatic heterocycles. The molecular weight excluding hydrogens is 336 g/mol. The summed E-state index contributed by atoms with van der Waals surface area (Å²) in [5.74, 6) is 0.135. The number of hydrogen-bond acceptors (Lipinski definition) is 2. The van der Waals surface area contributed by atoms with Crippen LogP contribution in [0.3, 0.4) is 0 Å². The van der Waals surface area contributed by atoms with Crippen molar-refractivity contribution < 1.29 is 14.6 Å². The lowest BCUT2D eigenvalue weighted by Gasteiger charge is -2.39. The normalized spacial score (nSPS) is 24.8. The first-order valence-corrected chi connectivity index (χ1v) is 10.4. The van der Waals surface area contributed by atoms with Crippen LogP contribution in [-0.4, -0.2) is 56.1 Å². The number of nitrogens with zero attached hydrogens (tertiary/aromatic N) is 2. The smallest absolute Gasteiger partial charge is 0.278 e. The van der Waals surface area contributed by atoms with Gasteiger partial charge in [-0.05, 0) is 19.8 Å². The highest BCUT2D eigenvalue weighted by Gasteiger charge is 2.40. The average molecular weight is 371 g/mol. The van der Waals surface area contributed by atoms with Crippen LogP contribution < -0.4 is 9.80 Å². The van der Waals surface area contributed by atoms with E-state index >= 15 is 0 Å². The lowest BCUT2D eigenvalue weighted by molar-refractivity contribution is -1.02. The molecule has 1 amide bonds. The highest BCUT2D eigenvalue weighted by atomic mass is 16.2. The Balaban J connectivity index is 1.48. The number of carbonyl (C=O) groups excluding carboxylic acids is 1. The summed E-state index contributed by atoms with van der Waals surface area (Å²) in [5.41, 5.74) is 2.16. The summed E-state index contributed by atoms with van der Waals surface area (Å²) in [6, 6.07) is 11.2. The number of benzene rings is 1. The summed E-state index contributed by atoms with van der Waals surface area (Å²) in [4.78, 5) is 17.6. The van der Waals surface area contributed by atoms with Crippen molar-refractivity contribution in [2.75, 3.05) is 39.8 Å². The van der Waals surface area contributed by atoms with Gasteiger partial charge >= 0.3 is 0 Å². The predicted octanol–water partition coefficient (Wildman–Crippen LogP) is -0.0367. The Hall–Kier alpha value is -1.90. The van der Waals surface area contributed by atoms with E-state index in [1.807, 2.05) is 7.05 Å². The van der Waals surface area contributed by atoms with E-state index < -0.39 is 5.54 Å². The van der Waals surface area contributed by atoms with E-state index in [0.29, 0.717) is 6.54 Å². The number of quaternary nitrogens is 2. The van der Waals surface area contributed by atoms with E-state index in [-0.39, 0.29) is 5.91 Å². The molecular formula is C22H34N4O+2. The standard InChI is InChI=1S/C22H32N4O/c1-19-7-6-8-20(15-19)16-25-11-13-26(14-12-25)17-21(27)24(2)22(18-23)9-4-3-5-10-22/h6-8,15H,3-5,9-14,16-17H2,1-2H3/p+2. The van der Waals surface area contributed by atoms with Crippen LogP contribution in [-0.2, 0) is 11.3 Å². The lowest BCUT2D eigenvalue weighted by Crippen LogP contribution is -3.28. The molecule has 5 nitrogen and oxygen atoms in total. The average Bonchev–Trinajstić information content (AvgIpc) is 2.69. The Morgan fingerprint density at radius 2 is 1.81 bits per heavy atom. The lowest BCUT2D eigenvalue weighted by atomic mass is 9.81. The Morgan fingerprint density at radius 3 is 2.44 bits per heavy atom. The number of rotatable bonds is 5. The van der Waals surface area contributed by atoms with Gasteiger partial charge in [-0.3, -0.25) is 4.79 Å². The van der Waals surface area contributed by atoms with Crippen molar-refractivity contribution >= 4 is 5.91 Å². The number of aryl methyl sites for hydroxylation is 1. The van der Waals surface area contributed by atoms with Crippen molar-refractivity contribution in [1.82, 2.24) is 4.90 Å². The SMILES string of the molecule is Cc1cccc(C[NH+]2CC[NH+](CC(=O)N(C)C3(C#N)CCCCC3)CC2)c1. The van der Waals surface area contributed by atoms with Crippen molar-refractivity contribution in [3.05, 3.63) is 35.4 Å². The second kappa shape index (κ2) is 8.86. The van der Waals surface area contributed by atoms with Gasteiger partial charge in [0.15, 0.2) is 6.54 Å². The second-order valence-corrected chi connectivity index (χ2v) is 8.50. The number of hydrogen-bond donors (Lipinski definition) is 2. The maximum Gasteiger partial charge on any atom is 0.278 e. The van der Waals surface area contributed by atoms with Crippen LogP contribution in [0.4, 0.5) is 0 Å². The number of likely N-dealkylation sites (N-methyl/N-ethyl adjacent to an activating group) is 1. The van der Waals surface area contributed by atoms with Crippen molar-refractivity contribution in [2.24, 2.45) is 0 Å². The maximum absolute atomic E-state index is 12.8. The molecule has 1 aromatic carbocycles. The minimum absolute atomic E-state index is 0.135. The Kier molecular flexibility index (Phi) is 6.51. The van der Waals surface area contributed by atoms with Crippen LogP contribution in [0.15, 0.2) is 24.3 Å². The second-order valence-electron chi connectivity index (χ2n) is 8.50. The molecule has 0 spiro atoms. The summed E-state index contributed by atoms with van der Waals surface area (Å²) < 4.78 is 0. The van der Waals surface area contributed by atoms with E-state index in [2.05, 4.69) is 37.3 Å². The van der Waals surface area contributed by atoms with E-state index in [1.54, 1.807) is 9.80 Å². The first-order valence-electron chi connectivity index (χ1n) is 10.4.